The van der Waals surface area contributed by atoms with Crippen LogP contribution in [-0.2, 0) is 24.2 Å². The Bertz CT molecular complexity index is 673. The zero-order chi connectivity index (χ0) is 16.2. The van der Waals surface area contributed by atoms with E-state index in [0.717, 1.165) is 24.9 Å². The standard InChI is InChI=1S/C18H21NO3S/c1-21-15-5-3-6-16(22-2)14(15)11-18(20)19-9-4-7-17-13(12-19)8-10-23-17/h3,5-6,8,10H,4,7,9,11-12H2,1-2H3. The number of ether oxygens (including phenoxy) is 2. The number of fused-ring (bicyclic) bond motifs is 1. The summed E-state index contributed by atoms with van der Waals surface area (Å²) in [6, 6.07) is 7.74. The van der Waals surface area contributed by atoms with Gasteiger partial charge in [0.1, 0.15) is 11.5 Å². The highest BCUT2D eigenvalue weighted by molar-refractivity contribution is 7.10. The number of hydrogen-bond donors (Lipinski definition) is 0. The van der Waals surface area contributed by atoms with Crippen molar-refractivity contribution >= 4 is 17.2 Å². The minimum atomic E-state index is 0.117. The third kappa shape index (κ3) is 3.34. The number of benzene rings is 1. The number of methoxy groups -OCH3 is 2. The molecule has 0 unspecified atom stereocenters. The molecule has 0 spiro atoms. The van der Waals surface area contributed by atoms with Crippen molar-refractivity contribution in [3.8, 4) is 11.5 Å². The Morgan fingerprint density at radius 3 is 2.65 bits per heavy atom. The second-order valence-electron chi connectivity index (χ2n) is 5.61. The number of hydrogen-bond acceptors (Lipinski definition) is 4. The number of thiophene rings is 1. The summed E-state index contributed by atoms with van der Waals surface area (Å²) in [4.78, 5) is 16.2. The van der Waals surface area contributed by atoms with Crippen molar-refractivity contribution in [2.75, 3.05) is 20.8 Å². The average molecular weight is 331 g/mol. The molecule has 1 aromatic carbocycles. The van der Waals surface area contributed by atoms with E-state index in [9.17, 15) is 4.79 Å². The van der Waals surface area contributed by atoms with E-state index in [1.165, 1.54) is 10.4 Å². The molecule has 23 heavy (non-hydrogen) atoms. The van der Waals surface area contributed by atoms with Crippen LogP contribution >= 0.6 is 11.3 Å². The lowest BCUT2D eigenvalue weighted by molar-refractivity contribution is -0.131. The maximum atomic E-state index is 12.8. The second kappa shape index (κ2) is 7.04. The number of nitrogens with zero attached hydrogens (tertiary/aromatic N) is 1. The van der Waals surface area contributed by atoms with Crippen LogP contribution in [-0.4, -0.2) is 31.6 Å². The molecule has 5 heteroatoms. The number of amides is 1. The molecule has 0 aliphatic carbocycles. The Kier molecular flexibility index (Phi) is 4.86. The Balaban J connectivity index is 1.80. The summed E-state index contributed by atoms with van der Waals surface area (Å²) in [6.45, 7) is 1.51. The molecule has 0 bridgehead atoms. The molecule has 122 valence electrons. The Morgan fingerprint density at radius 2 is 1.96 bits per heavy atom. The Morgan fingerprint density at radius 1 is 1.22 bits per heavy atom. The number of carbonyl (C=O) groups is 1. The van der Waals surface area contributed by atoms with Gasteiger partial charge in [0.25, 0.3) is 0 Å². The number of aryl methyl sites for hydroxylation is 1. The van der Waals surface area contributed by atoms with Gasteiger partial charge in [-0.3, -0.25) is 4.79 Å². The molecule has 4 nitrogen and oxygen atoms in total. The molecule has 2 aromatic rings. The fourth-order valence-corrected chi connectivity index (χ4v) is 3.96. The molecule has 1 aromatic heterocycles. The fourth-order valence-electron chi connectivity index (χ4n) is 3.02. The first-order valence-electron chi connectivity index (χ1n) is 7.75. The first-order valence-corrected chi connectivity index (χ1v) is 8.63. The molecule has 1 amide bonds. The van der Waals surface area contributed by atoms with Crippen LogP contribution in [0.2, 0.25) is 0 Å². The van der Waals surface area contributed by atoms with E-state index >= 15 is 0 Å². The van der Waals surface area contributed by atoms with E-state index in [1.807, 2.05) is 23.1 Å². The maximum Gasteiger partial charge on any atom is 0.227 e. The topological polar surface area (TPSA) is 38.8 Å². The molecular formula is C18H21NO3S. The van der Waals surface area contributed by atoms with E-state index < -0.39 is 0 Å². The van der Waals surface area contributed by atoms with Crippen molar-refractivity contribution in [2.24, 2.45) is 0 Å². The van der Waals surface area contributed by atoms with Gasteiger partial charge < -0.3 is 14.4 Å². The first kappa shape index (κ1) is 15.9. The molecule has 1 aliphatic heterocycles. The van der Waals surface area contributed by atoms with Crippen LogP contribution in [0.1, 0.15) is 22.4 Å². The highest BCUT2D eigenvalue weighted by atomic mass is 32.1. The van der Waals surface area contributed by atoms with Gasteiger partial charge in [0, 0.05) is 23.5 Å². The van der Waals surface area contributed by atoms with Crippen molar-refractivity contribution in [1.82, 2.24) is 4.90 Å². The highest BCUT2D eigenvalue weighted by Crippen LogP contribution is 2.30. The summed E-state index contributed by atoms with van der Waals surface area (Å²) >= 11 is 1.79. The molecular weight excluding hydrogens is 310 g/mol. The number of rotatable bonds is 4. The highest BCUT2D eigenvalue weighted by Gasteiger charge is 2.22. The Hall–Kier alpha value is -2.01. The summed E-state index contributed by atoms with van der Waals surface area (Å²) in [5.74, 6) is 1.51. The predicted octanol–water partition coefficient (Wildman–Crippen LogP) is 3.28. The van der Waals surface area contributed by atoms with E-state index in [4.69, 9.17) is 9.47 Å². The van der Waals surface area contributed by atoms with Gasteiger partial charge in [-0.15, -0.1) is 11.3 Å². The maximum absolute atomic E-state index is 12.8. The lowest BCUT2D eigenvalue weighted by Gasteiger charge is -2.22. The summed E-state index contributed by atoms with van der Waals surface area (Å²) in [6.07, 6.45) is 2.38. The van der Waals surface area contributed by atoms with Crippen LogP contribution in [0.5, 0.6) is 11.5 Å². The van der Waals surface area contributed by atoms with E-state index in [1.54, 1.807) is 25.6 Å². The molecule has 1 aliphatic rings. The second-order valence-corrected chi connectivity index (χ2v) is 6.61. The van der Waals surface area contributed by atoms with Gasteiger partial charge in [0.15, 0.2) is 0 Å². The minimum Gasteiger partial charge on any atom is -0.496 e. The molecule has 0 N–H and O–H groups in total. The summed E-state index contributed by atoms with van der Waals surface area (Å²) in [5, 5.41) is 2.11. The summed E-state index contributed by atoms with van der Waals surface area (Å²) in [7, 11) is 3.23. The van der Waals surface area contributed by atoms with Crippen molar-refractivity contribution in [2.45, 2.75) is 25.8 Å². The van der Waals surface area contributed by atoms with Crippen LogP contribution in [0.25, 0.3) is 0 Å². The monoisotopic (exact) mass is 331 g/mol. The average Bonchev–Trinajstić information content (AvgIpc) is 2.91. The smallest absolute Gasteiger partial charge is 0.227 e. The van der Waals surface area contributed by atoms with Gasteiger partial charge in [-0.1, -0.05) is 6.07 Å². The Labute approximate surface area is 140 Å². The van der Waals surface area contributed by atoms with Crippen LogP contribution in [0, 0.1) is 0 Å². The van der Waals surface area contributed by atoms with Gasteiger partial charge >= 0.3 is 0 Å². The first-order chi connectivity index (χ1) is 11.2. The van der Waals surface area contributed by atoms with E-state index in [2.05, 4.69) is 11.4 Å². The van der Waals surface area contributed by atoms with Crippen LogP contribution in [0.4, 0.5) is 0 Å². The molecule has 0 radical (unpaired) electrons. The predicted molar refractivity (Wildman–Crippen MR) is 91.3 cm³/mol. The van der Waals surface area contributed by atoms with Crippen LogP contribution < -0.4 is 9.47 Å². The molecule has 0 fully saturated rings. The van der Waals surface area contributed by atoms with Crippen LogP contribution in [0.15, 0.2) is 29.6 Å². The van der Waals surface area contributed by atoms with Gasteiger partial charge in [-0.25, -0.2) is 0 Å². The quantitative estimate of drug-likeness (QED) is 0.863. The van der Waals surface area contributed by atoms with Gasteiger partial charge in [-0.05, 0) is 42.0 Å². The van der Waals surface area contributed by atoms with Gasteiger partial charge in [0.05, 0.1) is 20.6 Å². The zero-order valence-electron chi connectivity index (χ0n) is 13.5. The molecule has 0 atom stereocenters. The van der Waals surface area contributed by atoms with E-state index in [-0.39, 0.29) is 5.91 Å². The van der Waals surface area contributed by atoms with Crippen molar-refractivity contribution in [3.63, 3.8) is 0 Å². The third-order valence-corrected chi connectivity index (χ3v) is 5.26. The van der Waals surface area contributed by atoms with E-state index in [0.29, 0.717) is 24.5 Å². The minimum absolute atomic E-state index is 0.117. The molecule has 2 heterocycles. The fraction of sp³-hybridized carbons (Fsp3) is 0.389. The van der Waals surface area contributed by atoms with Crippen molar-refractivity contribution in [3.05, 3.63) is 45.6 Å². The summed E-state index contributed by atoms with van der Waals surface area (Å²) in [5.41, 5.74) is 2.10. The van der Waals surface area contributed by atoms with Gasteiger partial charge in [-0.2, -0.15) is 0 Å². The summed E-state index contributed by atoms with van der Waals surface area (Å²) < 4.78 is 10.8. The van der Waals surface area contributed by atoms with Gasteiger partial charge in [0.2, 0.25) is 5.91 Å². The largest absolute Gasteiger partial charge is 0.496 e. The SMILES string of the molecule is COc1cccc(OC)c1CC(=O)N1CCCc2sccc2C1. The lowest BCUT2D eigenvalue weighted by atomic mass is 10.1. The third-order valence-electron chi connectivity index (χ3n) is 4.24. The molecule has 0 saturated heterocycles. The molecule has 3 rings (SSSR count). The lowest BCUT2D eigenvalue weighted by Crippen LogP contribution is -2.32. The van der Waals surface area contributed by atoms with Crippen molar-refractivity contribution in [1.29, 1.82) is 0 Å². The molecule has 0 saturated carbocycles. The normalized spacial score (nSPS) is 14.1. The van der Waals surface area contributed by atoms with Crippen molar-refractivity contribution < 1.29 is 14.3 Å². The number of carbonyl (C=O) groups excluding carboxylic acids is 1. The van der Waals surface area contributed by atoms with Crippen LogP contribution in [0.3, 0.4) is 0 Å². The zero-order valence-corrected chi connectivity index (χ0v) is 14.3.